The number of hydrogen-bond acceptors (Lipinski definition) is 4. The standard InChI is InChI=1S/C16H27N3O/c1-12-7-5-6-8-14(12)20-15-11-17-9-13(19-15)10-18-16(2,3)4/h9,11-12,14,18H,5-8,10H2,1-4H3. The van der Waals surface area contributed by atoms with Gasteiger partial charge in [-0.3, -0.25) is 4.98 Å². The maximum Gasteiger partial charge on any atom is 0.232 e. The molecule has 1 saturated carbocycles. The summed E-state index contributed by atoms with van der Waals surface area (Å²) in [6.07, 6.45) is 8.79. The van der Waals surface area contributed by atoms with Crippen LogP contribution in [0.2, 0.25) is 0 Å². The van der Waals surface area contributed by atoms with Gasteiger partial charge in [-0.2, -0.15) is 0 Å². The molecule has 1 aromatic heterocycles. The van der Waals surface area contributed by atoms with Crippen molar-refractivity contribution in [2.75, 3.05) is 0 Å². The van der Waals surface area contributed by atoms with E-state index in [4.69, 9.17) is 4.74 Å². The highest BCUT2D eigenvalue weighted by Gasteiger charge is 2.23. The van der Waals surface area contributed by atoms with E-state index in [1.807, 2.05) is 0 Å². The van der Waals surface area contributed by atoms with Gasteiger partial charge in [0.15, 0.2) is 0 Å². The Labute approximate surface area is 122 Å². The molecule has 0 spiro atoms. The summed E-state index contributed by atoms with van der Waals surface area (Å²) in [4.78, 5) is 8.81. The molecular weight excluding hydrogens is 250 g/mol. The lowest BCUT2D eigenvalue weighted by molar-refractivity contribution is 0.0968. The summed E-state index contributed by atoms with van der Waals surface area (Å²) in [5, 5.41) is 3.42. The second-order valence-corrected chi connectivity index (χ2v) is 6.87. The lowest BCUT2D eigenvalue weighted by atomic mass is 9.88. The maximum absolute atomic E-state index is 6.04. The fourth-order valence-corrected chi connectivity index (χ4v) is 2.50. The molecule has 0 bridgehead atoms. The topological polar surface area (TPSA) is 47.0 Å². The number of nitrogens with one attached hydrogen (secondary N) is 1. The molecule has 0 amide bonds. The highest BCUT2D eigenvalue weighted by Crippen LogP contribution is 2.27. The summed E-state index contributed by atoms with van der Waals surface area (Å²) in [7, 11) is 0. The second-order valence-electron chi connectivity index (χ2n) is 6.87. The van der Waals surface area contributed by atoms with Gasteiger partial charge in [-0.25, -0.2) is 4.98 Å². The molecule has 20 heavy (non-hydrogen) atoms. The number of hydrogen-bond donors (Lipinski definition) is 1. The predicted octanol–water partition coefficient (Wildman–Crippen LogP) is 3.32. The molecule has 0 radical (unpaired) electrons. The van der Waals surface area contributed by atoms with Crippen LogP contribution in [-0.2, 0) is 6.54 Å². The molecule has 2 unspecified atom stereocenters. The molecule has 4 nitrogen and oxygen atoms in total. The van der Waals surface area contributed by atoms with Gasteiger partial charge in [0, 0.05) is 18.3 Å². The van der Waals surface area contributed by atoms with E-state index in [-0.39, 0.29) is 5.54 Å². The van der Waals surface area contributed by atoms with E-state index >= 15 is 0 Å². The van der Waals surface area contributed by atoms with Crippen LogP contribution in [0.5, 0.6) is 5.88 Å². The Kier molecular flexibility index (Phi) is 4.97. The monoisotopic (exact) mass is 277 g/mol. The maximum atomic E-state index is 6.04. The van der Waals surface area contributed by atoms with Crippen molar-refractivity contribution in [2.45, 2.75) is 71.6 Å². The molecule has 4 heteroatoms. The molecule has 2 rings (SSSR count). The summed E-state index contributed by atoms with van der Waals surface area (Å²) in [6, 6.07) is 0. The molecular formula is C16H27N3O. The summed E-state index contributed by atoms with van der Waals surface area (Å²) in [5.41, 5.74) is 1.01. The molecule has 1 aromatic rings. The van der Waals surface area contributed by atoms with E-state index in [2.05, 4.69) is 43.0 Å². The van der Waals surface area contributed by atoms with Crippen LogP contribution in [0.25, 0.3) is 0 Å². The molecule has 0 aliphatic heterocycles. The molecule has 1 heterocycles. The molecule has 1 aliphatic rings. The average molecular weight is 277 g/mol. The zero-order chi connectivity index (χ0) is 14.6. The minimum atomic E-state index is 0.0798. The minimum absolute atomic E-state index is 0.0798. The van der Waals surface area contributed by atoms with Crippen molar-refractivity contribution in [3.63, 3.8) is 0 Å². The van der Waals surface area contributed by atoms with Crippen LogP contribution in [0.15, 0.2) is 12.4 Å². The zero-order valence-electron chi connectivity index (χ0n) is 13.1. The Hall–Kier alpha value is -1.16. The van der Waals surface area contributed by atoms with Crippen molar-refractivity contribution in [1.82, 2.24) is 15.3 Å². The summed E-state index contributed by atoms with van der Waals surface area (Å²) < 4.78 is 6.04. The van der Waals surface area contributed by atoms with E-state index < -0.39 is 0 Å². The van der Waals surface area contributed by atoms with Crippen LogP contribution < -0.4 is 10.1 Å². The van der Waals surface area contributed by atoms with Crippen LogP contribution in [0.4, 0.5) is 0 Å². The average Bonchev–Trinajstić information content (AvgIpc) is 2.39. The van der Waals surface area contributed by atoms with Crippen LogP contribution in [0.3, 0.4) is 0 Å². The van der Waals surface area contributed by atoms with E-state index in [0.717, 1.165) is 12.1 Å². The summed E-state index contributed by atoms with van der Waals surface area (Å²) in [6.45, 7) is 9.41. The minimum Gasteiger partial charge on any atom is -0.473 e. The molecule has 1 aliphatic carbocycles. The van der Waals surface area contributed by atoms with Crippen LogP contribution >= 0.6 is 0 Å². The van der Waals surface area contributed by atoms with Gasteiger partial charge < -0.3 is 10.1 Å². The molecule has 0 saturated heterocycles. The third kappa shape index (κ3) is 4.75. The first-order valence-electron chi connectivity index (χ1n) is 7.67. The van der Waals surface area contributed by atoms with Crippen LogP contribution in [-0.4, -0.2) is 21.6 Å². The SMILES string of the molecule is CC1CCCCC1Oc1cncc(CNC(C)(C)C)n1. The molecule has 1 fully saturated rings. The van der Waals surface area contributed by atoms with Gasteiger partial charge in [0.1, 0.15) is 6.10 Å². The van der Waals surface area contributed by atoms with Gasteiger partial charge >= 0.3 is 0 Å². The molecule has 112 valence electrons. The lowest BCUT2D eigenvalue weighted by Gasteiger charge is -2.28. The lowest BCUT2D eigenvalue weighted by Crippen LogP contribution is -2.35. The Morgan fingerprint density at radius 3 is 2.70 bits per heavy atom. The summed E-state index contributed by atoms with van der Waals surface area (Å²) >= 11 is 0. The number of ether oxygens (including phenoxy) is 1. The Balaban J connectivity index is 1.95. The van der Waals surface area contributed by atoms with Crippen LogP contribution in [0.1, 0.15) is 59.1 Å². The number of nitrogens with zero attached hydrogens (tertiary/aromatic N) is 2. The Morgan fingerprint density at radius 2 is 2.00 bits per heavy atom. The molecule has 0 aromatic carbocycles. The van der Waals surface area contributed by atoms with Crippen molar-refractivity contribution in [1.29, 1.82) is 0 Å². The molecule has 2 atom stereocenters. The molecule has 1 N–H and O–H groups in total. The quantitative estimate of drug-likeness (QED) is 0.917. The summed E-state index contributed by atoms with van der Waals surface area (Å²) in [5.74, 6) is 1.28. The number of aromatic nitrogens is 2. The van der Waals surface area contributed by atoms with Gasteiger partial charge in [0.2, 0.25) is 5.88 Å². The van der Waals surface area contributed by atoms with Gasteiger partial charge in [-0.05, 0) is 46.0 Å². The van der Waals surface area contributed by atoms with Crippen molar-refractivity contribution in [2.24, 2.45) is 5.92 Å². The van der Waals surface area contributed by atoms with Crippen LogP contribution in [0, 0.1) is 5.92 Å². The Bertz CT molecular complexity index is 428. The fourth-order valence-electron chi connectivity index (χ4n) is 2.50. The van der Waals surface area contributed by atoms with E-state index in [1.54, 1.807) is 12.4 Å². The second kappa shape index (κ2) is 6.53. The van der Waals surface area contributed by atoms with Crippen molar-refractivity contribution >= 4 is 0 Å². The van der Waals surface area contributed by atoms with Crippen molar-refractivity contribution < 1.29 is 4.74 Å². The fraction of sp³-hybridized carbons (Fsp3) is 0.750. The first kappa shape index (κ1) is 15.2. The first-order valence-corrected chi connectivity index (χ1v) is 7.67. The van der Waals surface area contributed by atoms with E-state index in [9.17, 15) is 0 Å². The largest absolute Gasteiger partial charge is 0.473 e. The number of rotatable bonds is 4. The van der Waals surface area contributed by atoms with Gasteiger partial charge in [-0.1, -0.05) is 13.3 Å². The van der Waals surface area contributed by atoms with Crippen molar-refractivity contribution in [3.05, 3.63) is 18.1 Å². The zero-order valence-corrected chi connectivity index (χ0v) is 13.1. The van der Waals surface area contributed by atoms with Gasteiger partial charge in [0.05, 0.1) is 11.9 Å². The van der Waals surface area contributed by atoms with Crippen molar-refractivity contribution in [3.8, 4) is 5.88 Å². The Morgan fingerprint density at radius 1 is 1.25 bits per heavy atom. The predicted molar refractivity (Wildman–Crippen MR) is 80.7 cm³/mol. The van der Waals surface area contributed by atoms with Gasteiger partial charge in [0.25, 0.3) is 0 Å². The smallest absolute Gasteiger partial charge is 0.232 e. The normalized spacial score (nSPS) is 23.6. The highest BCUT2D eigenvalue weighted by atomic mass is 16.5. The third-order valence-electron chi connectivity index (χ3n) is 3.77. The highest BCUT2D eigenvalue weighted by molar-refractivity contribution is 5.09. The first-order chi connectivity index (χ1) is 9.44. The van der Waals surface area contributed by atoms with E-state index in [1.165, 1.54) is 19.3 Å². The third-order valence-corrected chi connectivity index (χ3v) is 3.77. The van der Waals surface area contributed by atoms with Gasteiger partial charge in [-0.15, -0.1) is 0 Å². The van der Waals surface area contributed by atoms with E-state index in [0.29, 0.717) is 24.4 Å².